The fraction of sp³-hybridized carbons (Fsp3) is 1.00. The van der Waals surface area contributed by atoms with Crippen LogP contribution in [-0.2, 0) is 0 Å². The molecule has 0 aromatic carbocycles. The van der Waals surface area contributed by atoms with Gasteiger partial charge in [0.05, 0.1) is 5.60 Å². The fourth-order valence-electron chi connectivity index (χ4n) is 5.69. The van der Waals surface area contributed by atoms with Crippen molar-refractivity contribution in [2.24, 2.45) is 28.6 Å². The van der Waals surface area contributed by atoms with Crippen LogP contribution in [0.1, 0.15) is 59.8 Å². The van der Waals surface area contributed by atoms with Gasteiger partial charge in [-0.25, -0.2) is 0 Å². The summed E-state index contributed by atoms with van der Waals surface area (Å²) in [4.78, 5) is 0. The molecule has 4 aliphatic carbocycles. The summed E-state index contributed by atoms with van der Waals surface area (Å²) in [5, 5.41) is 11.3. The predicted octanol–water partition coefficient (Wildman–Crippen LogP) is 3.61. The molecular weight excluding hydrogens is 196 g/mol. The molecule has 1 heteroatoms. The summed E-state index contributed by atoms with van der Waals surface area (Å²) in [6, 6.07) is 0. The maximum Gasteiger partial charge on any atom is 0.0757 e. The van der Waals surface area contributed by atoms with Gasteiger partial charge in [-0.3, -0.25) is 0 Å². The molecule has 1 N–H and O–H groups in total. The molecule has 16 heavy (non-hydrogen) atoms. The van der Waals surface area contributed by atoms with E-state index in [-0.39, 0.29) is 10.8 Å². The van der Waals surface area contributed by atoms with Crippen LogP contribution in [0, 0.1) is 28.6 Å². The highest BCUT2D eigenvalue weighted by atomic mass is 16.3. The molecule has 4 aliphatic rings. The molecule has 4 bridgehead atoms. The molecule has 4 rings (SSSR count). The molecule has 0 unspecified atom stereocenters. The second-order valence-corrected chi connectivity index (χ2v) is 7.59. The van der Waals surface area contributed by atoms with Gasteiger partial charge in [0.15, 0.2) is 0 Å². The molecule has 0 aromatic heterocycles. The first-order valence-corrected chi connectivity index (χ1v) is 7.05. The Balaban J connectivity index is 2.13. The third-order valence-corrected chi connectivity index (χ3v) is 7.05. The van der Waals surface area contributed by atoms with E-state index in [0.29, 0.717) is 0 Å². The highest BCUT2D eigenvalue weighted by Gasteiger charge is 2.69. The van der Waals surface area contributed by atoms with E-state index in [1.807, 2.05) is 0 Å². The number of aliphatic hydroxyl groups is 1. The molecule has 0 radical (unpaired) electrons. The van der Waals surface area contributed by atoms with Crippen molar-refractivity contribution in [1.29, 1.82) is 0 Å². The van der Waals surface area contributed by atoms with E-state index in [4.69, 9.17) is 0 Å². The SMILES string of the molecule is C[C@@H]1CC[C@@]2(O)C(C)(C)[C@H]3CC[C@]2(C)[C@H]1C3. The molecule has 0 aromatic rings. The second-order valence-electron chi connectivity index (χ2n) is 7.59. The van der Waals surface area contributed by atoms with Crippen LogP contribution in [0.25, 0.3) is 0 Å². The van der Waals surface area contributed by atoms with Gasteiger partial charge in [-0.1, -0.05) is 27.7 Å². The lowest BCUT2D eigenvalue weighted by Gasteiger charge is -2.71. The van der Waals surface area contributed by atoms with Gasteiger partial charge in [0, 0.05) is 0 Å². The highest BCUT2D eigenvalue weighted by molar-refractivity contribution is 5.19. The largest absolute Gasteiger partial charge is 0.389 e. The smallest absolute Gasteiger partial charge is 0.0757 e. The van der Waals surface area contributed by atoms with Crippen LogP contribution in [0.4, 0.5) is 0 Å². The Bertz CT molecular complexity index is 321. The number of fused-ring (bicyclic) bond motifs is 1. The summed E-state index contributed by atoms with van der Waals surface area (Å²) < 4.78 is 0. The van der Waals surface area contributed by atoms with Gasteiger partial charge in [0.2, 0.25) is 0 Å². The van der Waals surface area contributed by atoms with Crippen LogP contribution in [0.3, 0.4) is 0 Å². The highest BCUT2D eigenvalue weighted by Crippen LogP contribution is 2.71. The zero-order valence-corrected chi connectivity index (χ0v) is 11.2. The minimum atomic E-state index is -0.391. The summed E-state index contributed by atoms with van der Waals surface area (Å²) in [5.74, 6) is 2.36. The van der Waals surface area contributed by atoms with Crippen LogP contribution in [0.15, 0.2) is 0 Å². The third-order valence-electron chi connectivity index (χ3n) is 7.05. The van der Waals surface area contributed by atoms with Crippen molar-refractivity contribution in [1.82, 2.24) is 0 Å². The number of hydrogen-bond donors (Lipinski definition) is 1. The average molecular weight is 222 g/mol. The van der Waals surface area contributed by atoms with E-state index < -0.39 is 5.60 Å². The first-order chi connectivity index (χ1) is 7.33. The molecule has 0 heterocycles. The molecule has 0 saturated heterocycles. The van der Waals surface area contributed by atoms with Gasteiger partial charge in [0.25, 0.3) is 0 Å². The van der Waals surface area contributed by atoms with E-state index in [0.717, 1.165) is 24.2 Å². The standard InChI is InChI=1S/C15H26O/c1-10-5-8-15(16)13(2,3)11-6-7-14(15,4)12(10)9-11/h10-12,16H,5-9H2,1-4H3/t10-,11+,12+,14-,15-/m1/s1. The minimum Gasteiger partial charge on any atom is -0.389 e. The molecule has 4 saturated carbocycles. The van der Waals surface area contributed by atoms with Crippen molar-refractivity contribution < 1.29 is 5.11 Å². The summed E-state index contributed by atoms with van der Waals surface area (Å²) >= 11 is 0. The molecule has 0 spiro atoms. The van der Waals surface area contributed by atoms with E-state index >= 15 is 0 Å². The predicted molar refractivity (Wildman–Crippen MR) is 66.1 cm³/mol. The molecule has 1 nitrogen and oxygen atoms in total. The van der Waals surface area contributed by atoms with Gasteiger partial charge in [0.1, 0.15) is 0 Å². The van der Waals surface area contributed by atoms with Crippen LogP contribution in [0.2, 0.25) is 0 Å². The quantitative estimate of drug-likeness (QED) is 0.664. The van der Waals surface area contributed by atoms with Gasteiger partial charge in [-0.15, -0.1) is 0 Å². The van der Waals surface area contributed by atoms with Gasteiger partial charge >= 0.3 is 0 Å². The molecular formula is C15H26O. The summed E-state index contributed by atoms with van der Waals surface area (Å²) in [6.45, 7) is 9.43. The van der Waals surface area contributed by atoms with E-state index in [1.165, 1.54) is 25.7 Å². The molecule has 0 aliphatic heterocycles. The van der Waals surface area contributed by atoms with Crippen molar-refractivity contribution in [2.45, 2.75) is 65.4 Å². The zero-order valence-electron chi connectivity index (χ0n) is 11.2. The topological polar surface area (TPSA) is 20.2 Å². The Morgan fingerprint density at radius 3 is 2.44 bits per heavy atom. The van der Waals surface area contributed by atoms with E-state index in [2.05, 4.69) is 27.7 Å². The lowest BCUT2D eigenvalue weighted by molar-refractivity contribution is -0.291. The maximum absolute atomic E-state index is 11.3. The molecule has 92 valence electrons. The summed E-state index contributed by atoms with van der Waals surface area (Å²) in [7, 11) is 0. The molecule has 4 fully saturated rings. The maximum atomic E-state index is 11.3. The normalized spacial score (nSPS) is 58.7. The number of hydrogen-bond acceptors (Lipinski definition) is 1. The molecule has 0 amide bonds. The molecule has 5 atom stereocenters. The van der Waals surface area contributed by atoms with Gasteiger partial charge in [-0.2, -0.15) is 0 Å². The van der Waals surface area contributed by atoms with Crippen molar-refractivity contribution in [2.75, 3.05) is 0 Å². The first kappa shape index (κ1) is 11.1. The Morgan fingerprint density at radius 1 is 1.06 bits per heavy atom. The lowest BCUT2D eigenvalue weighted by atomic mass is 9.35. The zero-order chi connectivity index (χ0) is 11.8. The van der Waals surface area contributed by atoms with Crippen molar-refractivity contribution >= 4 is 0 Å². The van der Waals surface area contributed by atoms with E-state index in [9.17, 15) is 5.11 Å². The lowest BCUT2D eigenvalue weighted by Crippen LogP contribution is -2.71. The monoisotopic (exact) mass is 222 g/mol. The Kier molecular flexibility index (Phi) is 1.98. The van der Waals surface area contributed by atoms with Crippen LogP contribution < -0.4 is 0 Å². The van der Waals surface area contributed by atoms with Crippen LogP contribution >= 0.6 is 0 Å². The summed E-state index contributed by atoms with van der Waals surface area (Å²) in [5.41, 5.74) is -0.0576. The second kappa shape index (κ2) is 2.85. The third kappa shape index (κ3) is 0.939. The van der Waals surface area contributed by atoms with Crippen LogP contribution in [-0.4, -0.2) is 10.7 Å². The summed E-state index contributed by atoms with van der Waals surface area (Å²) in [6.07, 6.45) is 6.23. The minimum absolute atomic E-state index is 0.136. The van der Waals surface area contributed by atoms with Crippen LogP contribution in [0.5, 0.6) is 0 Å². The number of rotatable bonds is 0. The Morgan fingerprint density at radius 2 is 1.75 bits per heavy atom. The van der Waals surface area contributed by atoms with Crippen molar-refractivity contribution in [3.05, 3.63) is 0 Å². The van der Waals surface area contributed by atoms with Crippen molar-refractivity contribution in [3.63, 3.8) is 0 Å². The average Bonchev–Trinajstić information content (AvgIpc) is 2.22. The van der Waals surface area contributed by atoms with Gasteiger partial charge in [-0.05, 0) is 60.7 Å². The Labute approximate surface area is 99.6 Å². The van der Waals surface area contributed by atoms with Crippen molar-refractivity contribution in [3.8, 4) is 0 Å². The van der Waals surface area contributed by atoms with E-state index in [1.54, 1.807) is 0 Å². The van der Waals surface area contributed by atoms with Gasteiger partial charge < -0.3 is 5.11 Å². The Hall–Kier alpha value is -0.0400. The fourth-order valence-corrected chi connectivity index (χ4v) is 5.69. The first-order valence-electron chi connectivity index (χ1n) is 7.05.